The lowest BCUT2D eigenvalue weighted by Crippen LogP contribution is -2.36. The molecule has 1 aliphatic rings. The Morgan fingerprint density at radius 2 is 2.29 bits per heavy atom. The van der Waals surface area contributed by atoms with Gasteiger partial charge in [0.05, 0.1) is 6.61 Å². The van der Waals surface area contributed by atoms with Crippen LogP contribution in [0.3, 0.4) is 0 Å². The fourth-order valence-corrected chi connectivity index (χ4v) is 1.13. The van der Waals surface area contributed by atoms with Crippen molar-refractivity contribution >= 4 is 5.96 Å². The lowest BCUT2D eigenvalue weighted by Gasteiger charge is -2.17. The topological polar surface area (TPSA) is 50.8 Å². The van der Waals surface area contributed by atoms with Crippen LogP contribution in [0.5, 0.6) is 0 Å². The molecule has 2 N–H and O–H groups in total. The Balaban J connectivity index is 2.00. The van der Waals surface area contributed by atoms with Crippen molar-refractivity contribution in [3.05, 3.63) is 0 Å². The molecule has 0 aromatic carbocycles. The van der Waals surface area contributed by atoms with Crippen LogP contribution in [0.15, 0.2) is 4.99 Å². The zero-order valence-corrected chi connectivity index (χ0v) is 9.20. The summed E-state index contributed by atoms with van der Waals surface area (Å²) >= 11 is 0. The van der Waals surface area contributed by atoms with Crippen molar-refractivity contribution < 1.29 is 4.74 Å². The van der Waals surface area contributed by atoms with E-state index in [0.717, 1.165) is 32.2 Å². The molecule has 0 spiro atoms. The van der Waals surface area contributed by atoms with E-state index >= 15 is 0 Å². The first-order chi connectivity index (χ1) is 6.74. The maximum Gasteiger partial charge on any atom is 0.191 e. The Bertz CT molecular complexity index is 190. The van der Waals surface area contributed by atoms with Crippen LogP contribution in [0.4, 0.5) is 0 Å². The third-order valence-corrected chi connectivity index (χ3v) is 2.33. The molecule has 0 aliphatic heterocycles. The van der Waals surface area contributed by atoms with E-state index in [1.54, 1.807) is 0 Å². The van der Waals surface area contributed by atoms with Gasteiger partial charge < -0.3 is 15.4 Å². The molecule has 1 rings (SSSR count). The largest absolute Gasteiger partial charge is 0.379 e. The highest BCUT2D eigenvalue weighted by molar-refractivity contribution is 5.77. The van der Waals surface area contributed by atoms with E-state index in [-0.39, 0.29) is 0 Å². The Morgan fingerprint density at radius 3 is 2.86 bits per heavy atom. The highest BCUT2D eigenvalue weighted by Crippen LogP contribution is 2.28. The van der Waals surface area contributed by atoms with Gasteiger partial charge in [-0.15, -0.1) is 0 Å². The molecule has 0 aromatic heterocycles. The second-order valence-corrected chi connectivity index (χ2v) is 3.77. The highest BCUT2D eigenvalue weighted by Gasteiger charge is 2.20. The summed E-state index contributed by atoms with van der Waals surface area (Å²) in [7, 11) is 1.94. The number of aliphatic imine (C=N–C) groups is 1. The molecule has 14 heavy (non-hydrogen) atoms. The van der Waals surface area contributed by atoms with Gasteiger partial charge >= 0.3 is 0 Å². The van der Waals surface area contributed by atoms with Crippen LogP contribution in [0.25, 0.3) is 0 Å². The molecular formula is C10H21N3O. The Kier molecular flexibility index (Phi) is 4.73. The van der Waals surface area contributed by atoms with Crippen molar-refractivity contribution in [2.75, 3.05) is 33.4 Å². The molecule has 0 atom stereocenters. The smallest absolute Gasteiger partial charge is 0.191 e. The first-order valence-corrected chi connectivity index (χ1v) is 5.32. The van der Waals surface area contributed by atoms with Crippen LogP contribution in [0.1, 0.15) is 19.8 Å². The molecule has 4 nitrogen and oxygen atoms in total. The maximum atomic E-state index is 5.70. The summed E-state index contributed by atoms with van der Waals surface area (Å²) in [4.78, 5) is 6.04. The SMILES string of the molecule is CCN=C(N)N(C)CCOCC1CC1. The third kappa shape index (κ3) is 4.46. The van der Waals surface area contributed by atoms with Crippen LogP contribution in [0.2, 0.25) is 0 Å². The van der Waals surface area contributed by atoms with E-state index in [9.17, 15) is 0 Å². The van der Waals surface area contributed by atoms with Crippen molar-refractivity contribution in [2.24, 2.45) is 16.6 Å². The van der Waals surface area contributed by atoms with Crippen molar-refractivity contribution in [3.8, 4) is 0 Å². The Hall–Kier alpha value is -0.770. The molecule has 0 amide bonds. The molecule has 0 radical (unpaired) electrons. The second kappa shape index (κ2) is 5.86. The van der Waals surface area contributed by atoms with Gasteiger partial charge in [0.2, 0.25) is 0 Å². The first-order valence-electron chi connectivity index (χ1n) is 5.32. The van der Waals surface area contributed by atoms with Crippen molar-refractivity contribution in [3.63, 3.8) is 0 Å². The first kappa shape index (κ1) is 11.3. The quantitative estimate of drug-likeness (QED) is 0.389. The number of rotatable bonds is 6. The van der Waals surface area contributed by atoms with E-state index in [1.807, 2.05) is 18.9 Å². The molecule has 1 fully saturated rings. The molecule has 0 bridgehead atoms. The Labute approximate surface area is 86.1 Å². The van der Waals surface area contributed by atoms with E-state index in [2.05, 4.69) is 4.99 Å². The average Bonchev–Trinajstić information content (AvgIpc) is 2.96. The summed E-state index contributed by atoms with van der Waals surface area (Å²) < 4.78 is 5.50. The standard InChI is InChI=1S/C10H21N3O/c1-3-12-10(11)13(2)6-7-14-8-9-4-5-9/h9H,3-8H2,1-2H3,(H2,11,12). The summed E-state index contributed by atoms with van der Waals surface area (Å²) in [6, 6.07) is 0. The van der Waals surface area contributed by atoms with Crippen molar-refractivity contribution in [1.29, 1.82) is 0 Å². The van der Waals surface area contributed by atoms with E-state index in [4.69, 9.17) is 10.5 Å². The second-order valence-electron chi connectivity index (χ2n) is 3.77. The Morgan fingerprint density at radius 1 is 1.57 bits per heavy atom. The number of hydrogen-bond donors (Lipinski definition) is 1. The minimum atomic E-state index is 0.600. The number of nitrogens with zero attached hydrogens (tertiary/aromatic N) is 2. The summed E-state index contributed by atoms with van der Waals surface area (Å²) in [5.41, 5.74) is 5.70. The monoisotopic (exact) mass is 199 g/mol. The molecule has 82 valence electrons. The molecule has 0 saturated heterocycles. The molecule has 0 unspecified atom stereocenters. The molecule has 0 aromatic rings. The number of hydrogen-bond acceptors (Lipinski definition) is 2. The predicted molar refractivity (Wildman–Crippen MR) is 58.3 cm³/mol. The average molecular weight is 199 g/mol. The lowest BCUT2D eigenvalue weighted by atomic mass is 10.5. The van der Waals surface area contributed by atoms with E-state index in [1.165, 1.54) is 12.8 Å². The maximum absolute atomic E-state index is 5.70. The van der Waals surface area contributed by atoms with Crippen LogP contribution in [-0.2, 0) is 4.74 Å². The molecule has 0 heterocycles. The van der Waals surface area contributed by atoms with Crippen LogP contribution >= 0.6 is 0 Å². The van der Waals surface area contributed by atoms with Gasteiger partial charge in [0, 0.05) is 26.7 Å². The van der Waals surface area contributed by atoms with Gasteiger partial charge in [-0.1, -0.05) is 0 Å². The number of guanidine groups is 1. The summed E-state index contributed by atoms with van der Waals surface area (Å²) in [5.74, 6) is 1.43. The van der Waals surface area contributed by atoms with Crippen LogP contribution in [0, 0.1) is 5.92 Å². The summed E-state index contributed by atoms with van der Waals surface area (Å²) in [6.45, 7) is 5.19. The minimum absolute atomic E-state index is 0.600. The summed E-state index contributed by atoms with van der Waals surface area (Å²) in [5, 5.41) is 0. The number of ether oxygens (including phenoxy) is 1. The zero-order chi connectivity index (χ0) is 10.4. The number of likely N-dealkylation sites (N-methyl/N-ethyl adjacent to an activating group) is 1. The molecule has 4 heteroatoms. The van der Waals surface area contributed by atoms with Crippen LogP contribution in [-0.4, -0.2) is 44.2 Å². The lowest BCUT2D eigenvalue weighted by molar-refractivity contribution is 0.115. The van der Waals surface area contributed by atoms with Gasteiger partial charge in [-0.05, 0) is 25.7 Å². The van der Waals surface area contributed by atoms with Gasteiger partial charge in [-0.3, -0.25) is 4.99 Å². The fraction of sp³-hybridized carbons (Fsp3) is 0.900. The van der Waals surface area contributed by atoms with E-state index < -0.39 is 0 Å². The predicted octanol–water partition coefficient (Wildman–Crippen LogP) is 0.679. The summed E-state index contributed by atoms with van der Waals surface area (Å²) in [6.07, 6.45) is 2.69. The van der Waals surface area contributed by atoms with Crippen LogP contribution < -0.4 is 5.73 Å². The van der Waals surface area contributed by atoms with Crippen molar-refractivity contribution in [1.82, 2.24) is 4.90 Å². The molecular weight excluding hydrogens is 178 g/mol. The minimum Gasteiger partial charge on any atom is -0.379 e. The fourth-order valence-electron chi connectivity index (χ4n) is 1.13. The van der Waals surface area contributed by atoms with Gasteiger partial charge in [0.15, 0.2) is 5.96 Å². The van der Waals surface area contributed by atoms with Gasteiger partial charge in [-0.25, -0.2) is 0 Å². The van der Waals surface area contributed by atoms with Gasteiger partial charge in [0.1, 0.15) is 0 Å². The number of nitrogens with two attached hydrogens (primary N) is 1. The molecule has 1 saturated carbocycles. The van der Waals surface area contributed by atoms with Crippen molar-refractivity contribution in [2.45, 2.75) is 19.8 Å². The zero-order valence-electron chi connectivity index (χ0n) is 9.20. The van der Waals surface area contributed by atoms with E-state index in [0.29, 0.717) is 5.96 Å². The highest BCUT2D eigenvalue weighted by atomic mass is 16.5. The normalized spacial score (nSPS) is 17.1. The van der Waals surface area contributed by atoms with Gasteiger partial charge in [-0.2, -0.15) is 0 Å². The third-order valence-electron chi connectivity index (χ3n) is 2.33. The molecule has 1 aliphatic carbocycles. The van der Waals surface area contributed by atoms with Gasteiger partial charge in [0.25, 0.3) is 0 Å².